The molecule has 2 aromatic carbocycles. The highest BCUT2D eigenvalue weighted by molar-refractivity contribution is 7.89. The molecule has 1 heterocycles. The average molecular weight is 379 g/mol. The SMILES string of the molecule is Cc1cc(S(=O)(=O)NC[C@@](C)(O)c2cc3ccccc3s2)ccc1F. The normalized spacial score (nSPS) is 14.6. The van der Waals surface area contributed by atoms with Gasteiger partial charge in [-0.25, -0.2) is 17.5 Å². The number of benzene rings is 2. The highest BCUT2D eigenvalue weighted by Gasteiger charge is 2.28. The van der Waals surface area contributed by atoms with Crippen LogP contribution in [0.5, 0.6) is 0 Å². The molecule has 1 aromatic heterocycles. The summed E-state index contributed by atoms with van der Waals surface area (Å²) in [5.41, 5.74) is -1.11. The molecule has 0 amide bonds. The van der Waals surface area contributed by atoms with E-state index in [0.717, 1.165) is 16.2 Å². The van der Waals surface area contributed by atoms with E-state index >= 15 is 0 Å². The van der Waals surface area contributed by atoms with Crippen molar-refractivity contribution in [1.82, 2.24) is 4.72 Å². The molecule has 0 unspecified atom stereocenters. The second-order valence-electron chi connectivity index (χ2n) is 6.16. The maximum absolute atomic E-state index is 13.3. The van der Waals surface area contributed by atoms with Gasteiger partial charge in [-0.2, -0.15) is 0 Å². The number of fused-ring (bicyclic) bond motifs is 1. The first-order valence-electron chi connectivity index (χ1n) is 7.66. The van der Waals surface area contributed by atoms with Gasteiger partial charge in [0, 0.05) is 16.1 Å². The number of aryl methyl sites for hydroxylation is 1. The van der Waals surface area contributed by atoms with Gasteiger partial charge < -0.3 is 5.11 Å². The van der Waals surface area contributed by atoms with Gasteiger partial charge >= 0.3 is 0 Å². The second kappa shape index (κ2) is 6.49. The molecule has 0 radical (unpaired) electrons. The van der Waals surface area contributed by atoms with Crippen LogP contribution in [0.1, 0.15) is 17.4 Å². The minimum atomic E-state index is -3.84. The van der Waals surface area contributed by atoms with Crippen LogP contribution >= 0.6 is 11.3 Å². The van der Waals surface area contributed by atoms with Gasteiger partial charge in [0.1, 0.15) is 11.4 Å². The molecule has 0 fully saturated rings. The van der Waals surface area contributed by atoms with Gasteiger partial charge in [-0.15, -0.1) is 11.3 Å². The third-order valence-corrected chi connectivity index (χ3v) is 6.77. The van der Waals surface area contributed by atoms with Crippen molar-refractivity contribution >= 4 is 31.4 Å². The van der Waals surface area contributed by atoms with Crippen LogP contribution in [-0.2, 0) is 15.6 Å². The maximum Gasteiger partial charge on any atom is 0.240 e. The average Bonchev–Trinajstić information content (AvgIpc) is 3.01. The van der Waals surface area contributed by atoms with Crippen LogP contribution < -0.4 is 4.72 Å². The van der Waals surface area contributed by atoms with E-state index in [0.29, 0.717) is 4.88 Å². The zero-order chi connectivity index (χ0) is 18.2. The lowest BCUT2D eigenvalue weighted by molar-refractivity contribution is 0.0666. The molecule has 0 aliphatic heterocycles. The van der Waals surface area contributed by atoms with E-state index in [4.69, 9.17) is 0 Å². The Labute approximate surface area is 150 Å². The predicted molar refractivity (Wildman–Crippen MR) is 97.7 cm³/mol. The van der Waals surface area contributed by atoms with Crippen molar-refractivity contribution in [3.05, 3.63) is 64.8 Å². The maximum atomic E-state index is 13.3. The Bertz CT molecular complexity index is 993. The number of sulfonamides is 1. The Kier molecular flexibility index (Phi) is 4.68. The molecule has 0 spiro atoms. The summed E-state index contributed by atoms with van der Waals surface area (Å²) in [5, 5.41) is 11.7. The largest absolute Gasteiger partial charge is 0.383 e. The van der Waals surface area contributed by atoms with E-state index in [1.54, 1.807) is 6.92 Å². The summed E-state index contributed by atoms with van der Waals surface area (Å²) >= 11 is 1.42. The lowest BCUT2D eigenvalue weighted by atomic mass is 10.1. The van der Waals surface area contributed by atoms with Crippen LogP contribution in [-0.4, -0.2) is 20.1 Å². The summed E-state index contributed by atoms with van der Waals surface area (Å²) in [6, 6.07) is 13.2. The first-order chi connectivity index (χ1) is 11.7. The van der Waals surface area contributed by atoms with Gasteiger partial charge in [0.25, 0.3) is 0 Å². The fraction of sp³-hybridized carbons (Fsp3) is 0.222. The molecule has 0 aliphatic rings. The van der Waals surface area contributed by atoms with Crippen molar-refractivity contribution < 1.29 is 17.9 Å². The Balaban J connectivity index is 1.81. The minimum absolute atomic E-state index is 0.0291. The molecule has 3 aromatic rings. The molecule has 2 N–H and O–H groups in total. The third-order valence-electron chi connectivity index (χ3n) is 4.00. The molecule has 4 nitrogen and oxygen atoms in total. The van der Waals surface area contributed by atoms with E-state index in [-0.39, 0.29) is 17.0 Å². The zero-order valence-corrected chi connectivity index (χ0v) is 15.4. The fourth-order valence-electron chi connectivity index (χ4n) is 2.44. The van der Waals surface area contributed by atoms with E-state index in [1.807, 2.05) is 30.3 Å². The number of rotatable bonds is 5. The summed E-state index contributed by atoms with van der Waals surface area (Å²) in [6.07, 6.45) is 0. The van der Waals surface area contributed by atoms with Gasteiger partial charge in [-0.3, -0.25) is 0 Å². The van der Waals surface area contributed by atoms with Gasteiger partial charge in [-0.05, 0) is 55.1 Å². The number of halogens is 1. The van der Waals surface area contributed by atoms with Crippen LogP contribution in [0.15, 0.2) is 53.4 Å². The summed E-state index contributed by atoms with van der Waals surface area (Å²) < 4.78 is 41.6. The second-order valence-corrected chi connectivity index (χ2v) is 9.01. The summed E-state index contributed by atoms with van der Waals surface area (Å²) in [7, 11) is -3.84. The molecule has 132 valence electrons. The van der Waals surface area contributed by atoms with Gasteiger partial charge in [0.15, 0.2) is 0 Å². The highest BCUT2D eigenvalue weighted by Crippen LogP contribution is 2.33. The number of hydrogen-bond donors (Lipinski definition) is 2. The van der Waals surface area contributed by atoms with Crippen molar-refractivity contribution in [2.24, 2.45) is 0 Å². The van der Waals surface area contributed by atoms with Gasteiger partial charge in [0.05, 0.1) is 4.90 Å². The van der Waals surface area contributed by atoms with Crippen molar-refractivity contribution in [2.45, 2.75) is 24.3 Å². The molecule has 1 atom stereocenters. The summed E-state index contributed by atoms with van der Waals surface area (Å²) in [6.45, 7) is 2.89. The molecular weight excluding hydrogens is 361 g/mol. The van der Waals surface area contributed by atoms with Crippen LogP contribution in [0.25, 0.3) is 10.1 Å². The third kappa shape index (κ3) is 3.74. The van der Waals surface area contributed by atoms with Crippen molar-refractivity contribution in [3.63, 3.8) is 0 Å². The molecule has 3 rings (SSSR count). The summed E-state index contributed by atoms with van der Waals surface area (Å²) in [5.74, 6) is -0.462. The smallest absolute Gasteiger partial charge is 0.240 e. The number of thiophene rings is 1. The van der Waals surface area contributed by atoms with Crippen LogP contribution in [0.2, 0.25) is 0 Å². The fourth-order valence-corrected chi connectivity index (χ4v) is 4.76. The zero-order valence-electron chi connectivity index (χ0n) is 13.8. The first-order valence-corrected chi connectivity index (χ1v) is 9.96. The molecular formula is C18H18FNO3S2. The summed E-state index contributed by atoms with van der Waals surface area (Å²) in [4.78, 5) is 0.644. The van der Waals surface area contributed by atoms with E-state index in [2.05, 4.69) is 4.72 Å². The van der Waals surface area contributed by atoms with Gasteiger partial charge in [-0.1, -0.05) is 18.2 Å². The monoisotopic (exact) mass is 379 g/mol. The Hall–Kier alpha value is -1.80. The van der Waals surface area contributed by atoms with Crippen molar-refractivity contribution in [3.8, 4) is 0 Å². The Morgan fingerprint density at radius 2 is 1.92 bits per heavy atom. The molecule has 0 saturated carbocycles. The number of nitrogens with one attached hydrogen (secondary N) is 1. The number of aliphatic hydroxyl groups is 1. The first kappa shape index (κ1) is 18.0. The lowest BCUT2D eigenvalue weighted by Gasteiger charge is -2.22. The minimum Gasteiger partial charge on any atom is -0.383 e. The Morgan fingerprint density at radius 1 is 1.20 bits per heavy atom. The molecule has 0 aliphatic carbocycles. The van der Waals surface area contributed by atoms with Crippen LogP contribution in [0.3, 0.4) is 0 Å². The van der Waals surface area contributed by atoms with E-state index < -0.39 is 21.4 Å². The molecule has 25 heavy (non-hydrogen) atoms. The standard InChI is InChI=1S/C18H18FNO3S2/c1-12-9-14(7-8-15(12)19)25(22,23)20-11-18(2,21)17-10-13-5-3-4-6-16(13)24-17/h3-10,20-21H,11H2,1-2H3/t18-/m1/s1. The van der Waals surface area contributed by atoms with Crippen LogP contribution in [0.4, 0.5) is 4.39 Å². The van der Waals surface area contributed by atoms with E-state index in [9.17, 15) is 17.9 Å². The Morgan fingerprint density at radius 3 is 2.60 bits per heavy atom. The molecule has 0 saturated heterocycles. The highest BCUT2D eigenvalue weighted by atomic mass is 32.2. The lowest BCUT2D eigenvalue weighted by Crippen LogP contribution is -2.38. The molecule has 7 heteroatoms. The van der Waals surface area contributed by atoms with Crippen LogP contribution in [0, 0.1) is 12.7 Å². The predicted octanol–water partition coefficient (Wildman–Crippen LogP) is 3.53. The van der Waals surface area contributed by atoms with Crippen molar-refractivity contribution in [1.29, 1.82) is 0 Å². The number of hydrogen-bond acceptors (Lipinski definition) is 4. The van der Waals surface area contributed by atoms with Gasteiger partial charge in [0.2, 0.25) is 10.0 Å². The van der Waals surface area contributed by atoms with Crippen molar-refractivity contribution in [2.75, 3.05) is 6.54 Å². The molecule has 0 bridgehead atoms. The van der Waals surface area contributed by atoms with E-state index in [1.165, 1.54) is 30.4 Å². The quantitative estimate of drug-likeness (QED) is 0.713. The topological polar surface area (TPSA) is 66.4 Å².